The van der Waals surface area contributed by atoms with E-state index in [1.807, 2.05) is 6.92 Å². The first-order chi connectivity index (χ1) is 7.47. The van der Waals surface area contributed by atoms with Crippen LogP contribution in [0.15, 0.2) is 0 Å². The predicted octanol–water partition coefficient (Wildman–Crippen LogP) is 0.825. The molecular weight excluding hydrogens is 206 g/mol. The van der Waals surface area contributed by atoms with Gasteiger partial charge in [-0.05, 0) is 18.8 Å². The van der Waals surface area contributed by atoms with Gasteiger partial charge >= 0.3 is 5.97 Å². The molecule has 1 saturated carbocycles. The van der Waals surface area contributed by atoms with Gasteiger partial charge in [0.1, 0.15) is 0 Å². The maximum Gasteiger partial charge on any atom is 0.307 e. The summed E-state index contributed by atoms with van der Waals surface area (Å²) in [6.45, 7) is 2.21. The van der Waals surface area contributed by atoms with Crippen LogP contribution in [0.2, 0.25) is 0 Å². The number of terminal acetylenes is 1. The van der Waals surface area contributed by atoms with Crippen molar-refractivity contribution in [3.63, 3.8) is 0 Å². The first kappa shape index (κ1) is 12.6. The Kier molecular flexibility index (Phi) is 3.94. The van der Waals surface area contributed by atoms with Crippen molar-refractivity contribution in [2.75, 3.05) is 13.6 Å². The summed E-state index contributed by atoms with van der Waals surface area (Å²) >= 11 is 0. The van der Waals surface area contributed by atoms with E-state index in [1.54, 1.807) is 7.05 Å². The van der Waals surface area contributed by atoms with Crippen LogP contribution in [0.3, 0.4) is 0 Å². The number of carbonyl (C=O) groups is 2. The molecule has 3 atom stereocenters. The average Bonchev–Trinajstić information content (AvgIpc) is 2.59. The zero-order valence-electron chi connectivity index (χ0n) is 9.64. The smallest absolute Gasteiger partial charge is 0.307 e. The highest BCUT2D eigenvalue weighted by molar-refractivity contribution is 5.85. The molecule has 1 aliphatic carbocycles. The fraction of sp³-hybridized carbons (Fsp3) is 0.667. The minimum absolute atomic E-state index is 0.144. The summed E-state index contributed by atoms with van der Waals surface area (Å²) < 4.78 is 0. The van der Waals surface area contributed by atoms with Crippen molar-refractivity contribution in [2.24, 2.45) is 17.8 Å². The van der Waals surface area contributed by atoms with Crippen molar-refractivity contribution in [1.29, 1.82) is 0 Å². The number of aliphatic carboxylic acids is 1. The van der Waals surface area contributed by atoms with Gasteiger partial charge < -0.3 is 10.0 Å². The third-order valence-electron chi connectivity index (χ3n) is 3.14. The molecule has 0 aromatic heterocycles. The zero-order chi connectivity index (χ0) is 12.3. The number of nitrogens with zero attached hydrogens (tertiary/aromatic N) is 1. The van der Waals surface area contributed by atoms with Crippen molar-refractivity contribution < 1.29 is 14.7 Å². The van der Waals surface area contributed by atoms with Gasteiger partial charge in [-0.1, -0.05) is 12.8 Å². The molecule has 1 aliphatic rings. The van der Waals surface area contributed by atoms with Crippen LogP contribution in [0.4, 0.5) is 0 Å². The molecule has 1 unspecified atom stereocenters. The topological polar surface area (TPSA) is 57.6 Å². The van der Waals surface area contributed by atoms with E-state index in [0.29, 0.717) is 12.8 Å². The van der Waals surface area contributed by atoms with Crippen molar-refractivity contribution in [3.8, 4) is 12.3 Å². The summed E-state index contributed by atoms with van der Waals surface area (Å²) in [5.74, 6) is 0.685. The quantitative estimate of drug-likeness (QED) is 0.721. The Morgan fingerprint density at radius 3 is 2.50 bits per heavy atom. The molecule has 1 N–H and O–H groups in total. The first-order valence-corrected chi connectivity index (χ1v) is 5.38. The second-order valence-electron chi connectivity index (χ2n) is 4.53. The van der Waals surface area contributed by atoms with Crippen molar-refractivity contribution in [3.05, 3.63) is 0 Å². The van der Waals surface area contributed by atoms with E-state index < -0.39 is 17.8 Å². The van der Waals surface area contributed by atoms with Gasteiger partial charge in [0.25, 0.3) is 0 Å². The van der Waals surface area contributed by atoms with E-state index >= 15 is 0 Å². The summed E-state index contributed by atoms with van der Waals surface area (Å²) in [5.41, 5.74) is 0. The Morgan fingerprint density at radius 1 is 1.44 bits per heavy atom. The third kappa shape index (κ3) is 2.54. The zero-order valence-corrected chi connectivity index (χ0v) is 9.64. The highest BCUT2D eigenvalue weighted by atomic mass is 16.4. The van der Waals surface area contributed by atoms with Gasteiger partial charge in [-0.3, -0.25) is 9.59 Å². The Hall–Kier alpha value is -1.50. The molecule has 0 heterocycles. The van der Waals surface area contributed by atoms with Gasteiger partial charge in [0.2, 0.25) is 5.91 Å². The number of hydrogen-bond acceptors (Lipinski definition) is 2. The lowest BCUT2D eigenvalue weighted by Gasteiger charge is -2.21. The van der Waals surface area contributed by atoms with Crippen molar-refractivity contribution in [1.82, 2.24) is 4.90 Å². The molecule has 0 radical (unpaired) electrons. The van der Waals surface area contributed by atoms with Crippen molar-refractivity contribution in [2.45, 2.75) is 19.8 Å². The fourth-order valence-corrected chi connectivity index (χ4v) is 2.34. The van der Waals surface area contributed by atoms with Crippen LogP contribution in [0.5, 0.6) is 0 Å². The summed E-state index contributed by atoms with van der Waals surface area (Å²) in [5, 5.41) is 9.05. The Morgan fingerprint density at radius 2 is 2.00 bits per heavy atom. The maximum atomic E-state index is 12.0. The molecule has 0 bridgehead atoms. The van der Waals surface area contributed by atoms with Gasteiger partial charge in [-0.15, -0.1) is 6.42 Å². The molecule has 0 aliphatic heterocycles. The normalized spacial score (nSPS) is 28.4. The molecule has 88 valence electrons. The minimum atomic E-state index is -0.878. The molecule has 1 fully saturated rings. The maximum absolute atomic E-state index is 12.0. The number of carbonyl (C=O) groups excluding carboxylic acids is 1. The Balaban J connectivity index is 2.75. The van der Waals surface area contributed by atoms with E-state index in [-0.39, 0.29) is 18.4 Å². The summed E-state index contributed by atoms with van der Waals surface area (Å²) in [6, 6.07) is 0. The van der Waals surface area contributed by atoms with Crippen molar-refractivity contribution >= 4 is 11.9 Å². The standard InChI is InChI=1S/C12H17NO3/c1-4-5-13(3)11(14)9-6-8(2)7-10(9)12(15)16/h1,8-10H,5-7H2,2-3H3,(H,15,16)/t8?,9-,10+/m0/s1. The van der Waals surface area contributed by atoms with E-state index in [2.05, 4.69) is 5.92 Å². The first-order valence-electron chi connectivity index (χ1n) is 5.38. The van der Waals surface area contributed by atoms with Crippen LogP contribution < -0.4 is 0 Å². The third-order valence-corrected chi connectivity index (χ3v) is 3.14. The van der Waals surface area contributed by atoms with Crippen LogP contribution in [-0.4, -0.2) is 35.5 Å². The summed E-state index contributed by atoms with van der Waals surface area (Å²) in [6.07, 6.45) is 6.35. The van der Waals surface area contributed by atoms with Crippen LogP contribution in [0.1, 0.15) is 19.8 Å². The fourth-order valence-electron chi connectivity index (χ4n) is 2.34. The Bertz CT molecular complexity index is 332. The number of rotatable bonds is 3. The van der Waals surface area contributed by atoms with Gasteiger partial charge in [-0.25, -0.2) is 0 Å². The lowest BCUT2D eigenvalue weighted by atomic mass is 9.95. The number of amides is 1. The second kappa shape index (κ2) is 5.02. The van der Waals surface area contributed by atoms with Crippen LogP contribution in [0, 0.1) is 30.1 Å². The molecular formula is C12H17NO3. The average molecular weight is 223 g/mol. The van der Waals surface area contributed by atoms with Gasteiger partial charge in [0.05, 0.1) is 18.4 Å². The van der Waals surface area contributed by atoms with E-state index in [1.165, 1.54) is 4.90 Å². The highest BCUT2D eigenvalue weighted by Crippen LogP contribution is 2.37. The molecule has 0 spiro atoms. The van der Waals surface area contributed by atoms with Crippen LogP contribution >= 0.6 is 0 Å². The SMILES string of the molecule is C#CCN(C)C(=O)[C@H]1CC(C)C[C@H]1C(=O)O. The number of hydrogen-bond donors (Lipinski definition) is 1. The highest BCUT2D eigenvalue weighted by Gasteiger charge is 2.42. The molecule has 1 rings (SSSR count). The monoisotopic (exact) mass is 223 g/mol. The van der Waals surface area contributed by atoms with E-state index in [4.69, 9.17) is 11.5 Å². The number of carboxylic acid groups (broad SMARTS) is 1. The van der Waals surface area contributed by atoms with Crippen LogP contribution in [0.25, 0.3) is 0 Å². The molecule has 0 aromatic carbocycles. The second-order valence-corrected chi connectivity index (χ2v) is 4.53. The van der Waals surface area contributed by atoms with Crippen LogP contribution in [-0.2, 0) is 9.59 Å². The van der Waals surface area contributed by atoms with E-state index in [0.717, 1.165) is 0 Å². The summed E-state index contributed by atoms with van der Waals surface area (Å²) in [4.78, 5) is 24.4. The molecule has 16 heavy (non-hydrogen) atoms. The number of carboxylic acids is 1. The van der Waals surface area contributed by atoms with E-state index in [9.17, 15) is 9.59 Å². The lowest BCUT2D eigenvalue weighted by Crippen LogP contribution is -2.36. The molecule has 0 saturated heterocycles. The van der Waals surface area contributed by atoms with Gasteiger partial charge in [0.15, 0.2) is 0 Å². The molecule has 1 amide bonds. The predicted molar refractivity (Wildman–Crippen MR) is 59.5 cm³/mol. The minimum Gasteiger partial charge on any atom is -0.481 e. The largest absolute Gasteiger partial charge is 0.481 e. The van der Waals surface area contributed by atoms with Gasteiger partial charge in [-0.2, -0.15) is 0 Å². The molecule has 4 heteroatoms. The molecule has 0 aromatic rings. The Labute approximate surface area is 95.6 Å². The summed E-state index contributed by atoms with van der Waals surface area (Å²) in [7, 11) is 1.62. The molecule has 4 nitrogen and oxygen atoms in total. The van der Waals surface area contributed by atoms with Gasteiger partial charge in [0, 0.05) is 7.05 Å². The lowest BCUT2D eigenvalue weighted by molar-refractivity contribution is -0.148.